The van der Waals surface area contributed by atoms with Crippen LogP contribution in [0.3, 0.4) is 0 Å². The summed E-state index contributed by atoms with van der Waals surface area (Å²) in [6.07, 6.45) is 0. The van der Waals surface area contributed by atoms with Gasteiger partial charge in [0, 0.05) is 0 Å². The van der Waals surface area contributed by atoms with Crippen molar-refractivity contribution in [3.8, 4) is 11.5 Å². The molecule has 0 fully saturated rings. The highest BCUT2D eigenvalue weighted by molar-refractivity contribution is 7.52. The molecule has 2 aromatic rings. The molecule has 0 atom stereocenters. The first-order chi connectivity index (χ1) is 8.72. The van der Waals surface area contributed by atoms with Crippen LogP contribution in [0.15, 0.2) is 60.7 Å². The van der Waals surface area contributed by atoms with Crippen LogP contribution in [0.4, 0.5) is 0 Å². The van der Waals surface area contributed by atoms with Crippen LogP contribution in [0.2, 0.25) is 0 Å². The fraction of sp³-hybridized carbons (Fsp3) is 0. The molecule has 0 aliphatic carbocycles. The van der Waals surface area contributed by atoms with E-state index in [9.17, 15) is 4.57 Å². The zero-order chi connectivity index (χ0) is 12.8. The Morgan fingerprint density at radius 3 is 1.56 bits per heavy atom. The van der Waals surface area contributed by atoms with E-state index in [-0.39, 0.29) is 0 Å². The standard InChI is InChI=1S/C12H13N2O3P/c13-14-18(15,16-11-7-3-1-4-8-11)17-12-9-5-2-6-10-12/h1-10H,13H2,(H,14,15). The van der Waals surface area contributed by atoms with Crippen molar-refractivity contribution < 1.29 is 13.6 Å². The van der Waals surface area contributed by atoms with Gasteiger partial charge in [-0.25, -0.2) is 4.57 Å². The monoisotopic (exact) mass is 264 g/mol. The maximum absolute atomic E-state index is 12.2. The molecule has 0 aliphatic heterocycles. The summed E-state index contributed by atoms with van der Waals surface area (Å²) in [5.41, 5.74) is 0. The van der Waals surface area contributed by atoms with Crippen LogP contribution in [0, 0.1) is 0 Å². The molecule has 18 heavy (non-hydrogen) atoms. The Balaban J connectivity index is 2.14. The van der Waals surface area contributed by atoms with E-state index in [0.29, 0.717) is 11.5 Å². The average molecular weight is 264 g/mol. The van der Waals surface area contributed by atoms with Crippen molar-refractivity contribution in [3.05, 3.63) is 60.7 Å². The Hall–Kier alpha value is -1.81. The average Bonchev–Trinajstić information content (AvgIpc) is 2.41. The topological polar surface area (TPSA) is 73.6 Å². The number of nitrogens with one attached hydrogen (secondary N) is 1. The van der Waals surface area contributed by atoms with Gasteiger partial charge in [-0.05, 0) is 24.3 Å². The van der Waals surface area contributed by atoms with Gasteiger partial charge in [-0.1, -0.05) is 36.4 Å². The van der Waals surface area contributed by atoms with Crippen molar-refractivity contribution in [2.45, 2.75) is 0 Å². The van der Waals surface area contributed by atoms with E-state index in [1.54, 1.807) is 48.5 Å². The van der Waals surface area contributed by atoms with Crippen LogP contribution in [-0.4, -0.2) is 0 Å². The molecule has 0 unspecified atom stereocenters. The van der Waals surface area contributed by atoms with Crippen LogP contribution < -0.4 is 20.1 Å². The van der Waals surface area contributed by atoms with Crippen molar-refractivity contribution in [3.63, 3.8) is 0 Å². The number of rotatable bonds is 5. The molecule has 0 heterocycles. The Labute approximate surface area is 105 Å². The van der Waals surface area contributed by atoms with Crippen LogP contribution in [0.5, 0.6) is 11.5 Å². The lowest BCUT2D eigenvalue weighted by Crippen LogP contribution is -2.24. The molecule has 2 rings (SSSR count). The predicted molar refractivity (Wildman–Crippen MR) is 69.1 cm³/mol. The van der Waals surface area contributed by atoms with E-state index in [1.807, 2.05) is 12.1 Å². The molecule has 2 aromatic carbocycles. The van der Waals surface area contributed by atoms with Gasteiger partial charge in [0.25, 0.3) is 0 Å². The lowest BCUT2D eigenvalue weighted by molar-refractivity contribution is 0.372. The minimum atomic E-state index is -3.62. The first-order valence-corrected chi connectivity index (χ1v) is 6.83. The second kappa shape index (κ2) is 5.69. The highest BCUT2D eigenvalue weighted by Crippen LogP contribution is 2.43. The normalized spacial score (nSPS) is 10.9. The lowest BCUT2D eigenvalue weighted by Gasteiger charge is -2.18. The molecule has 0 saturated carbocycles. The van der Waals surface area contributed by atoms with Gasteiger partial charge in [-0.15, -0.1) is 5.20 Å². The zero-order valence-electron chi connectivity index (χ0n) is 9.52. The van der Waals surface area contributed by atoms with Crippen molar-refractivity contribution in [2.75, 3.05) is 0 Å². The molecule has 0 spiro atoms. The predicted octanol–water partition coefficient (Wildman–Crippen LogP) is 2.72. The van der Waals surface area contributed by atoms with Gasteiger partial charge in [0.05, 0.1) is 0 Å². The Morgan fingerprint density at radius 1 is 0.833 bits per heavy atom. The highest BCUT2D eigenvalue weighted by atomic mass is 31.2. The van der Waals surface area contributed by atoms with Gasteiger partial charge in [0.2, 0.25) is 0 Å². The number of benzene rings is 2. The maximum Gasteiger partial charge on any atom is 0.526 e. The number of hydrazine groups is 1. The van der Waals surface area contributed by atoms with Crippen LogP contribution in [0.25, 0.3) is 0 Å². The molecule has 0 aromatic heterocycles. The van der Waals surface area contributed by atoms with Gasteiger partial charge in [-0.3, -0.25) is 5.84 Å². The highest BCUT2D eigenvalue weighted by Gasteiger charge is 2.26. The Morgan fingerprint density at radius 2 is 1.22 bits per heavy atom. The minimum Gasteiger partial charge on any atom is -0.404 e. The summed E-state index contributed by atoms with van der Waals surface area (Å²) in [7, 11) is -3.62. The van der Waals surface area contributed by atoms with Crippen LogP contribution in [0.1, 0.15) is 0 Å². The van der Waals surface area contributed by atoms with Crippen molar-refractivity contribution in [1.82, 2.24) is 5.20 Å². The summed E-state index contributed by atoms with van der Waals surface area (Å²) in [6.45, 7) is 0. The molecule has 0 aliphatic rings. The molecular formula is C12H13N2O3P. The minimum absolute atomic E-state index is 0.412. The molecule has 0 bridgehead atoms. The SMILES string of the molecule is NNP(=O)(Oc1ccccc1)Oc1ccccc1. The second-order valence-electron chi connectivity index (χ2n) is 3.44. The fourth-order valence-electron chi connectivity index (χ4n) is 1.31. The largest absolute Gasteiger partial charge is 0.526 e. The molecule has 94 valence electrons. The summed E-state index contributed by atoms with van der Waals surface area (Å²) in [5.74, 6) is 6.06. The van der Waals surface area contributed by atoms with E-state index >= 15 is 0 Å². The maximum atomic E-state index is 12.2. The lowest BCUT2D eigenvalue weighted by atomic mass is 10.3. The van der Waals surface area contributed by atoms with Crippen molar-refractivity contribution in [2.24, 2.45) is 5.84 Å². The van der Waals surface area contributed by atoms with E-state index < -0.39 is 7.75 Å². The molecule has 0 radical (unpaired) electrons. The van der Waals surface area contributed by atoms with Gasteiger partial charge in [0.1, 0.15) is 11.5 Å². The summed E-state index contributed by atoms with van der Waals surface area (Å²) in [6, 6.07) is 17.4. The quantitative estimate of drug-likeness (QED) is 0.493. The molecule has 6 heteroatoms. The van der Waals surface area contributed by atoms with Crippen molar-refractivity contribution in [1.29, 1.82) is 0 Å². The van der Waals surface area contributed by atoms with Gasteiger partial charge in [0.15, 0.2) is 0 Å². The third-order valence-corrected chi connectivity index (χ3v) is 3.31. The van der Waals surface area contributed by atoms with Crippen LogP contribution in [-0.2, 0) is 4.57 Å². The first-order valence-electron chi connectivity index (χ1n) is 5.29. The third-order valence-electron chi connectivity index (χ3n) is 2.10. The van der Waals surface area contributed by atoms with E-state index in [0.717, 1.165) is 0 Å². The fourth-order valence-corrected chi connectivity index (χ4v) is 2.25. The van der Waals surface area contributed by atoms with Gasteiger partial charge >= 0.3 is 7.75 Å². The molecular weight excluding hydrogens is 251 g/mol. The zero-order valence-corrected chi connectivity index (χ0v) is 10.4. The smallest absolute Gasteiger partial charge is 0.404 e. The number of para-hydroxylation sites is 2. The third kappa shape index (κ3) is 3.34. The Bertz CT molecular complexity index is 488. The van der Waals surface area contributed by atoms with E-state index in [1.165, 1.54) is 0 Å². The first kappa shape index (κ1) is 12.6. The molecule has 0 saturated heterocycles. The van der Waals surface area contributed by atoms with E-state index in [2.05, 4.69) is 5.20 Å². The van der Waals surface area contributed by atoms with Crippen molar-refractivity contribution >= 4 is 7.75 Å². The molecule has 3 N–H and O–H groups in total. The van der Waals surface area contributed by atoms with Crippen LogP contribution >= 0.6 is 7.75 Å². The number of nitrogens with two attached hydrogens (primary N) is 1. The molecule has 0 amide bonds. The summed E-state index contributed by atoms with van der Waals surface area (Å²) >= 11 is 0. The second-order valence-corrected chi connectivity index (χ2v) is 5.05. The van der Waals surface area contributed by atoms with Gasteiger partial charge in [-0.2, -0.15) is 0 Å². The number of hydrogen-bond donors (Lipinski definition) is 2. The summed E-state index contributed by atoms with van der Waals surface area (Å²) in [5, 5.41) is 2.09. The Kier molecular flexibility index (Phi) is 3.99. The van der Waals surface area contributed by atoms with Gasteiger partial charge < -0.3 is 9.05 Å². The number of hydrogen-bond acceptors (Lipinski definition) is 4. The molecule has 5 nitrogen and oxygen atoms in total. The summed E-state index contributed by atoms with van der Waals surface area (Å²) < 4.78 is 22.7. The summed E-state index contributed by atoms with van der Waals surface area (Å²) in [4.78, 5) is 0. The van der Waals surface area contributed by atoms with E-state index in [4.69, 9.17) is 14.9 Å².